The third-order valence-electron chi connectivity index (χ3n) is 13.0. The third-order valence-corrected chi connectivity index (χ3v) is 13.0. The second kappa shape index (κ2) is 11.9. The molecule has 0 bridgehead atoms. The summed E-state index contributed by atoms with van der Waals surface area (Å²) in [6.45, 7) is 16.7. The molecule has 0 aromatic heterocycles. The molecule has 43 heavy (non-hydrogen) atoms. The van der Waals surface area contributed by atoms with E-state index in [2.05, 4.69) is 60.6 Å². The number of rotatable bonds is 10. The maximum Gasteiger partial charge on any atom is 0.338 e. The number of aliphatic carboxylic acids is 1. The molecular formula is C39H56O4. The third kappa shape index (κ3) is 5.44. The molecule has 0 amide bonds. The van der Waals surface area contributed by atoms with E-state index in [0.29, 0.717) is 29.7 Å². The number of hydrogen-bond donors (Lipinski definition) is 1. The highest BCUT2D eigenvalue weighted by atomic mass is 16.5. The van der Waals surface area contributed by atoms with Gasteiger partial charge in [-0.1, -0.05) is 109 Å². The first-order valence-corrected chi connectivity index (χ1v) is 17.2. The van der Waals surface area contributed by atoms with Crippen LogP contribution in [0.4, 0.5) is 0 Å². The zero-order valence-corrected chi connectivity index (χ0v) is 27.9. The van der Waals surface area contributed by atoms with Gasteiger partial charge in [-0.25, -0.2) is 4.79 Å². The van der Waals surface area contributed by atoms with Crippen LogP contribution >= 0.6 is 0 Å². The molecule has 4 heteroatoms. The summed E-state index contributed by atoms with van der Waals surface area (Å²) in [4.78, 5) is 25.1. The Labute approximate surface area is 260 Å². The van der Waals surface area contributed by atoms with Gasteiger partial charge in [-0.05, 0) is 91.6 Å². The number of hydrogen-bond acceptors (Lipinski definition) is 3. The summed E-state index contributed by atoms with van der Waals surface area (Å²) >= 11 is 0. The summed E-state index contributed by atoms with van der Waals surface area (Å²) in [7, 11) is 0. The standard InChI is InChI=1S/C39H56O4/c1-26(2)12-11-13-27(3)29-19-24-39(25-21-34(40)41)31-16-17-32-36(4,5)33(43-35(42)28-14-9-8-10-15-28)20-22-37(32,6)30(31)18-23-38(29,39)7/h8-10,14-15,19,24,26-27,29,32-33H,11-13,16-18,20-23,25H2,1-7H3,(H,40,41)/t27-,29-,32?,33+,37-,38-,39-/m1/s1. The highest BCUT2D eigenvalue weighted by molar-refractivity contribution is 5.89. The first-order valence-electron chi connectivity index (χ1n) is 17.2. The van der Waals surface area contributed by atoms with Crippen LogP contribution in [0.2, 0.25) is 0 Å². The number of ether oxygens (including phenoxy) is 1. The lowest BCUT2D eigenvalue weighted by atomic mass is 9.42. The zero-order chi connectivity index (χ0) is 31.2. The van der Waals surface area contributed by atoms with E-state index in [0.717, 1.165) is 44.4 Å². The second-order valence-corrected chi connectivity index (χ2v) is 16.1. The maximum atomic E-state index is 13.1. The Morgan fingerprint density at radius 3 is 2.35 bits per heavy atom. The van der Waals surface area contributed by atoms with Crippen molar-refractivity contribution in [2.24, 2.45) is 45.3 Å². The van der Waals surface area contributed by atoms with Gasteiger partial charge in [0.1, 0.15) is 6.10 Å². The number of carbonyl (C=O) groups is 2. The number of carbonyl (C=O) groups excluding carboxylic acids is 1. The van der Waals surface area contributed by atoms with E-state index in [1.165, 1.54) is 19.3 Å². The van der Waals surface area contributed by atoms with E-state index < -0.39 is 5.97 Å². The lowest BCUT2D eigenvalue weighted by Crippen LogP contribution is -2.56. The zero-order valence-electron chi connectivity index (χ0n) is 27.9. The molecule has 7 atom stereocenters. The van der Waals surface area contributed by atoms with Crippen molar-refractivity contribution in [3.63, 3.8) is 0 Å². The van der Waals surface area contributed by atoms with Gasteiger partial charge in [0.05, 0.1) is 5.56 Å². The van der Waals surface area contributed by atoms with Crippen LogP contribution in [0.15, 0.2) is 53.6 Å². The van der Waals surface area contributed by atoms with Crippen molar-refractivity contribution in [1.82, 2.24) is 0 Å². The van der Waals surface area contributed by atoms with Crippen molar-refractivity contribution < 1.29 is 19.4 Å². The largest absolute Gasteiger partial charge is 0.481 e. The fourth-order valence-electron chi connectivity index (χ4n) is 10.6. The first kappa shape index (κ1) is 32.0. The maximum absolute atomic E-state index is 13.1. The molecule has 0 radical (unpaired) electrons. The predicted molar refractivity (Wildman–Crippen MR) is 174 cm³/mol. The lowest BCUT2D eigenvalue weighted by Gasteiger charge is -2.63. The number of fused-ring (bicyclic) bond motifs is 4. The normalized spacial score (nSPS) is 35.2. The Bertz CT molecular complexity index is 1260. The molecule has 4 aliphatic rings. The first-order chi connectivity index (χ1) is 20.3. The fourth-order valence-corrected chi connectivity index (χ4v) is 10.6. The molecule has 236 valence electrons. The summed E-state index contributed by atoms with van der Waals surface area (Å²) in [6.07, 6.45) is 15.8. The van der Waals surface area contributed by atoms with Crippen molar-refractivity contribution in [3.05, 3.63) is 59.2 Å². The molecule has 0 heterocycles. The van der Waals surface area contributed by atoms with Crippen molar-refractivity contribution in [2.45, 2.75) is 125 Å². The van der Waals surface area contributed by atoms with Gasteiger partial charge in [-0.15, -0.1) is 0 Å². The van der Waals surface area contributed by atoms with Gasteiger partial charge >= 0.3 is 11.9 Å². The Morgan fingerprint density at radius 1 is 0.953 bits per heavy atom. The summed E-state index contributed by atoms with van der Waals surface area (Å²) in [6, 6.07) is 9.38. The number of benzene rings is 1. The molecule has 1 fully saturated rings. The van der Waals surface area contributed by atoms with Crippen molar-refractivity contribution >= 4 is 11.9 Å². The Balaban J connectivity index is 1.45. The molecule has 1 aromatic rings. The Hall–Kier alpha value is -2.36. The van der Waals surface area contributed by atoms with Crippen LogP contribution in [0.5, 0.6) is 0 Å². The molecule has 1 saturated carbocycles. The van der Waals surface area contributed by atoms with Crippen LogP contribution in [0.3, 0.4) is 0 Å². The van der Waals surface area contributed by atoms with Crippen LogP contribution in [-0.2, 0) is 9.53 Å². The molecule has 5 rings (SSSR count). The minimum absolute atomic E-state index is 0.0408. The molecule has 1 N–H and O–H groups in total. The number of esters is 1. The van der Waals surface area contributed by atoms with Gasteiger partial charge in [0.25, 0.3) is 0 Å². The molecule has 1 aromatic carbocycles. The van der Waals surface area contributed by atoms with Gasteiger partial charge in [-0.3, -0.25) is 4.79 Å². The minimum atomic E-state index is -0.687. The number of carboxylic acids is 1. The highest BCUT2D eigenvalue weighted by Gasteiger charge is 2.63. The van der Waals surface area contributed by atoms with Crippen LogP contribution in [0, 0.1) is 45.3 Å². The molecule has 0 spiro atoms. The summed E-state index contributed by atoms with van der Waals surface area (Å²) in [5.74, 6) is 1.32. The van der Waals surface area contributed by atoms with Gasteiger partial charge in [0, 0.05) is 17.3 Å². The SMILES string of the molecule is CC(C)CCC[C@@H](C)[C@H]1C=C[C@@]2(CCC(=O)O)C3=C(CC[C@]12C)[C@@]1(C)CC[C@H](OC(=O)c2ccccc2)C(C)(C)C1CC3. The average molecular weight is 589 g/mol. The van der Waals surface area contributed by atoms with E-state index in [4.69, 9.17) is 4.74 Å². The lowest BCUT2D eigenvalue weighted by molar-refractivity contribution is -0.138. The number of carboxylic acid groups (broad SMARTS) is 1. The monoisotopic (exact) mass is 588 g/mol. The predicted octanol–water partition coefficient (Wildman–Crippen LogP) is 10.0. The highest BCUT2D eigenvalue weighted by Crippen LogP contribution is 2.72. The number of allylic oxidation sites excluding steroid dienone is 4. The van der Waals surface area contributed by atoms with Gasteiger partial charge in [-0.2, -0.15) is 0 Å². The smallest absolute Gasteiger partial charge is 0.338 e. The van der Waals surface area contributed by atoms with E-state index in [1.54, 1.807) is 11.1 Å². The van der Waals surface area contributed by atoms with Crippen LogP contribution in [0.1, 0.15) is 129 Å². The molecule has 4 nitrogen and oxygen atoms in total. The van der Waals surface area contributed by atoms with Gasteiger partial charge in [0.15, 0.2) is 0 Å². The van der Waals surface area contributed by atoms with E-state index >= 15 is 0 Å². The molecule has 4 aliphatic carbocycles. The second-order valence-electron chi connectivity index (χ2n) is 16.1. The van der Waals surface area contributed by atoms with E-state index in [-0.39, 0.29) is 40.2 Å². The topological polar surface area (TPSA) is 63.6 Å². The average Bonchev–Trinajstić information content (AvgIpc) is 3.27. The van der Waals surface area contributed by atoms with E-state index in [9.17, 15) is 14.7 Å². The van der Waals surface area contributed by atoms with Crippen LogP contribution < -0.4 is 0 Å². The summed E-state index contributed by atoms with van der Waals surface area (Å²) in [5.41, 5.74) is 3.58. The van der Waals surface area contributed by atoms with Crippen LogP contribution in [0.25, 0.3) is 0 Å². The molecule has 1 unspecified atom stereocenters. The van der Waals surface area contributed by atoms with Gasteiger partial charge in [0.2, 0.25) is 0 Å². The quantitative estimate of drug-likeness (QED) is 0.218. The molecule has 0 saturated heterocycles. The summed E-state index contributed by atoms with van der Waals surface area (Å²) < 4.78 is 6.25. The van der Waals surface area contributed by atoms with Crippen molar-refractivity contribution in [2.75, 3.05) is 0 Å². The van der Waals surface area contributed by atoms with E-state index in [1.807, 2.05) is 30.3 Å². The minimum Gasteiger partial charge on any atom is -0.481 e. The van der Waals surface area contributed by atoms with Crippen molar-refractivity contribution in [1.29, 1.82) is 0 Å². The van der Waals surface area contributed by atoms with Crippen LogP contribution in [-0.4, -0.2) is 23.1 Å². The Kier molecular flexibility index (Phi) is 8.84. The van der Waals surface area contributed by atoms with Crippen molar-refractivity contribution in [3.8, 4) is 0 Å². The fraction of sp³-hybridized carbons (Fsp3) is 0.692. The molecular weight excluding hydrogens is 532 g/mol. The van der Waals surface area contributed by atoms with Gasteiger partial charge < -0.3 is 9.84 Å². The molecule has 0 aliphatic heterocycles. The summed E-state index contributed by atoms with van der Waals surface area (Å²) in [5, 5.41) is 9.89. The Morgan fingerprint density at radius 2 is 1.67 bits per heavy atom.